The Bertz CT molecular complexity index is 2530. The second-order valence-corrected chi connectivity index (χ2v) is 11.2. The van der Waals surface area contributed by atoms with E-state index >= 15 is 0 Å². The first kappa shape index (κ1) is 25.4. The van der Waals surface area contributed by atoms with Crippen LogP contribution >= 0.6 is 0 Å². The molecule has 7 aromatic carbocycles. The van der Waals surface area contributed by atoms with Crippen LogP contribution in [0.3, 0.4) is 0 Å². The molecule has 0 aliphatic carbocycles. The molecule has 4 nitrogen and oxygen atoms in total. The molecular formula is C41H25N3O. The van der Waals surface area contributed by atoms with Gasteiger partial charge in [-0.05, 0) is 39.9 Å². The van der Waals surface area contributed by atoms with Gasteiger partial charge >= 0.3 is 0 Å². The van der Waals surface area contributed by atoms with E-state index in [1.54, 1.807) is 0 Å². The van der Waals surface area contributed by atoms with Crippen LogP contribution in [0.25, 0.3) is 88.8 Å². The molecule has 0 spiro atoms. The van der Waals surface area contributed by atoms with Gasteiger partial charge in [0.15, 0.2) is 17.5 Å². The van der Waals surface area contributed by atoms with Gasteiger partial charge in [0.1, 0.15) is 11.2 Å². The van der Waals surface area contributed by atoms with E-state index in [0.717, 1.165) is 71.3 Å². The van der Waals surface area contributed by atoms with E-state index in [1.807, 2.05) is 36.4 Å². The van der Waals surface area contributed by atoms with Gasteiger partial charge < -0.3 is 4.42 Å². The number of rotatable bonds is 4. The molecule has 9 aromatic rings. The fourth-order valence-electron chi connectivity index (χ4n) is 6.33. The predicted molar refractivity (Wildman–Crippen MR) is 184 cm³/mol. The largest absolute Gasteiger partial charge is 0.455 e. The second-order valence-electron chi connectivity index (χ2n) is 11.2. The SMILES string of the molecule is c1ccc(-c2nc(-c3cc(-c4ccccc4)c4oc5c6ccccc6ccc5c4c3)nc(-c3cccc4ccccc34)n2)cc1. The zero-order valence-electron chi connectivity index (χ0n) is 24.2. The van der Waals surface area contributed by atoms with Crippen molar-refractivity contribution in [3.63, 3.8) is 0 Å². The minimum atomic E-state index is 0.612. The van der Waals surface area contributed by atoms with Crippen molar-refractivity contribution >= 4 is 43.5 Å². The van der Waals surface area contributed by atoms with Crippen LogP contribution in [0, 0.1) is 0 Å². The molecule has 2 heterocycles. The standard InChI is InChI=1S/C41H25N3O/c1-3-12-27(13-4-1)35-24-30(25-36-33-23-22-28-15-8-10-20-32(28)37(33)45-38(35)36)40-42-39(29-16-5-2-6-17-29)43-41(44-40)34-21-11-18-26-14-7-9-19-31(26)34/h1-25H. The summed E-state index contributed by atoms with van der Waals surface area (Å²) in [5, 5.41) is 6.58. The van der Waals surface area contributed by atoms with Crippen LogP contribution in [0.15, 0.2) is 156 Å². The van der Waals surface area contributed by atoms with Gasteiger partial charge in [-0.1, -0.05) is 133 Å². The summed E-state index contributed by atoms with van der Waals surface area (Å²) in [4.78, 5) is 15.3. The van der Waals surface area contributed by atoms with Crippen LogP contribution in [0.2, 0.25) is 0 Å². The van der Waals surface area contributed by atoms with Gasteiger partial charge in [-0.3, -0.25) is 0 Å². The Balaban J connectivity index is 1.36. The third-order valence-electron chi connectivity index (χ3n) is 8.50. The minimum Gasteiger partial charge on any atom is -0.455 e. The molecule has 0 radical (unpaired) electrons. The van der Waals surface area contributed by atoms with Crippen LogP contribution in [-0.4, -0.2) is 15.0 Å². The van der Waals surface area contributed by atoms with Crippen molar-refractivity contribution < 1.29 is 4.42 Å². The van der Waals surface area contributed by atoms with Crippen LogP contribution in [0.5, 0.6) is 0 Å². The van der Waals surface area contributed by atoms with E-state index in [4.69, 9.17) is 19.4 Å². The zero-order valence-corrected chi connectivity index (χ0v) is 24.2. The monoisotopic (exact) mass is 575 g/mol. The molecule has 0 aliphatic rings. The minimum absolute atomic E-state index is 0.612. The Kier molecular flexibility index (Phi) is 5.78. The highest BCUT2D eigenvalue weighted by molar-refractivity contribution is 6.18. The van der Waals surface area contributed by atoms with Gasteiger partial charge in [-0.2, -0.15) is 0 Å². The van der Waals surface area contributed by atoms with Crippen molar-refractivity contribution in [2.24, 2.45) is 0 Å². The van der Waals surface area contributed by atoms with Crippen molar-refractivity contribution in [2.45, 2.75) is 0 Å². The average Bonchev–Trinajstić information content (AvgIpc) is 3.51. The second kappa shape index (κ2) is 10.2. The van der Waals surface area contributed by atoms with Crippen molar-refractivity contribution in [3.8, 4) is 45.3 Å². The summed E-state index contributed by atoms with van der Waals surface area (Å²) < 4.78 is 6.72. The van der Waals surface area contributed by atoms with Crippen LogP contribution in [0.4, 0.5) is 0 Å². The summed E-state index contributed by atoms with van der Waals surface area (Å²) in [5.74, 6) is 1.88. The number of nitrogens with zero attached hydrogens (tertiary/aromatic N) is 3. The number of fused-ring (bicyclic) bond motifs is 6. The molecule has 210 valence electrons. The Labute approximate surface area is 259 Å². The molecule has 0 fully saturated rings. The highest BCUT2D eigenvalue weighted by Gasteiger charge is 2.20. The molecule has 0 unspecified atom stereocenters. The highest BCUT2D eigenvalue weighted by Crippen LogP contribution is 2.41. The van der Waals surface area contributed by atoms with E-state index in [0.29, 0.717) is 17.5 Å². The van der Waals surface area contributed by atoms with E-state index in [1.165, 1.54) is 0 Å². The zero-order chi connectivity index (χ0) is 29.7. The van der Waals surface area contributed by atoms with Gasteiger partial charge in [0.05, 0.1) is 0 Å². The van der Waals surface area contributed by atoms with Crippen molar-refractivity contribution in [3.05, 3.63) is 152 Å². The fourth-order valence-corrected chi connectivity index (χ4v) is 6.33. The number of hydrogen-bond acceptors (Lipinski definition) is 4. The van der Waals surface area contributed by atoms with Crippen molar-refractivity contribution in [1.82, 2.24) is 15.0 Å². The summed E-state index contributed by atoms with van der Waals surface area (Å²) in [7, 11) is 0. The first-order chi connectivity index (χ1) is 22.3. The number of aromatic nitrogens is 3. The quantitative estimate of drug-likeness (QED) is 0.209. The van der Waals surface area contributed by atoms with Gasteiger partial charge in [0.2, 0.25) is 0 Å². The summed E-state index contributed by atoms with van der Waals surface area (Å²) in [5.41, 5.74) is 6.61. The highest BCUT2D eigenvalue weighted by atomic mass is 16.3. The van der Waals surface area contributed by atoms with Crippen LogP contribution < -0.4 is 0 Å². The maximum atomic E-state index is 6.72. The topological polar surface area (TPSA) is 51.8 Å². The van der Waals surface area contributed by atoms with E-state index in [-0.39, 0.29) is 0 Å². The van der Waals surface area contributed by atoms with Crippen molar-refractivity contribution in [1.29, 1.82) is 0 Å². The summed E-state index contributed by atoms with van der Waals surface area (Å²) >= 11 is 0. The maximum absolute atomic E-state index is 6.72. The lowest BCUT2D eigenvalue weighted by atomic mass is 9.98. The Morgan fingerprint density at radius 2 is 0.933 bits per heavy atom. The van der Waals surface area contributed by atoms with Crippen LogP contribution in [0.1, 0.15) is 0 Å². The molecule has 0 amide bonds. The summed E-state index contributed by atoms with van der Waals surface area (Å²) in [6.45, 7) is 0. The molecule has 0 atom stereocenters. The first-order valence-electron chi connectivity index (χ1n) is 15.0. The first-order valence-corrected chi connectivity index (χ1v) is 15.0. The lowest BCUT2D eigenvalue weighted by molar-refractivity contribution is 0.674. The molecule has 2 aromatic heterocycles. The van der Waals surface area contributed by atoms with Gasteiger partial charge in [0, 0.05) is 38.4 Å². The van der Waals surface area contributed by atoms with Gasteiger partial charge in [0.25, 0.3) is 0 Å². The molecule has 4 heteroatoms. The molecular weight excluding hydrogens is 550 g/mol. The number of furan rings is 1. The molecule has 0 aliphatic heterocycles. The third-order valence-corrected chi connectivity index (χ3v) is 8.50. The lowest BCUT2D eigenvalue weighted by Crippen LogP contribution is -2.00. The Morgan fingerprint density at radius 3 is 1.71 bits per heavy atom. The summed E-state index contributed by atoms with van der Waals surface area (Å²) in [6.07, 6.45) is 0. The molecule has 9 rings (SSSR count). The lowest BCUT2D eigenvalue weighted by Gasteiger charge is -2.11. The molecule has 0 N–H and O–H groups in total. The number of hydrogen-bond donors (Lipinski definition) is 0. The average molecular weight is 576 g/mol. The summed E-state index contributed by atoms with van der Waals surface area (Å²) in [6, 6.07) is 52.1. The van der Waals surface area contributed by atoms with Gasteiger partial charge in [-0.15, -0.1) is 0 Å². The van der Waals surface area contributed by atoms with Crippen molar-refractivity contribution in [2.75, 3.05) is 0 Å². The number of benzene rings is 7. The fraction of sp³-hybridized carbons (Fsp3) is 0. The van der Waals surface area contributed by atoms with E-state index < -0.39 is 0 Å². The molecule has 0 saturated heterocycles. The van der Waals surface area contributed by atoms with Gasteiger partial charge in [-0.25, -0.2) is 15.0 Å². The van der Waals surface area contributed by atoms with Crippen LogP contribution in [-0.2, 0) is 0 Å². The molecule has 0 bridgehead atoms. The Morgan fingerprint density at radius 1 is 0.333 bits per heavy atom. The predicted octanol–water partition coefficient (Wildman–Crippen LogP) is 10.7. The maximum Gasteiger partial charge on any atom is 0.164 e. The third kappa shape index (κ3) is 4.27. The van der Waals surface area contributed by atoms with E-state index in [2.05, 4.69) is 115 Å². The normalized spacial score (nSPS) is 11.6. The Hall–Kier alpha value is -6.13. The molecule has 0 saturated carbocycles. The van der Waals surface area contributed by atoms with E-state index in [9.17, 15) is 0 Å². The molecule has 45 heavy (non-hydrogen) atoms. The smallest absolute Gasteiger partial charge is 0.164 e.